The molecule has 0 spiro atoms. The van der Waals surface area contributed by atoms with Crippen LogP contribution in [0, 0.1) is 5.92 Å². The van der Waals surface area contributed by atoms with Gasteiger partial charge in [-0.25, -0.2) is 4.79 Å². The van der Waals surface area contributed by atoms with Gasteiger partial charge in [-0.15, -0.1) is 0 Å². The summed E-state index contributed by atoms with van der Waals surface area (Å²) in [6.07, 6.45) is 5.82. The summed E-state index contributed by atoms with van der Waals surface area (Å²) >= 11 is 0. The van der Waals surface area contributed by atoms with E-state index >= 15 is 0 Å². The Bertz CT molecular complexity index is 293. The summed E-state index contributed by atoms with van der Waals surface area (Å²) in [5.41, 5.74) is 0. The molecule has 2 N–H and O–H groups in total. The molecular formula is C11H18N2O3. The van der Waals surface area contributed by atoms with E-state index in [1.54, 1.807) is 0 Å². The lowest BCUT2D eigenvalue weighted by Gasteiger charge is -2.31. The average molecular weight is 226 g/mol. The van der Waals surface area contributed by atoms with Gasteiger partial charge in [0.1, 0.15) is 6.54 Å². The Morgan fingerprint density at radius 3 is 2.75 bits per heavy atom. The van der Waals surface area contributed by atoms with Crippen LogP contribution in [0.5, 0.6) is 0 Å². The van der Waals surface area contributed by atoms with Gasteiger partial charge in [-0.1, -0.05) is 12.8 Å². The van der Waals surface area contributed by atoms with Crippen molar-refractivity contribution >= 4 is 12.0 Å². The number of carbonyl (C=O) groups excluding carboxylic acids is 1. The normalized spacial score (nSPS) is 28.6. The molecule has 1 aliphatic heterocycles. The molecule has 2 aliphatic rings. The maximum absolute atomic E-state index is 11.8. The molecular weight excluding hydrogens is 208 g/mol. The Hall–Kier alpha value is -1.26. The number of urea groups is 1. The van der Waals surface area contributed by atoms with Gasteiger partial charge < -0.3 is 15.3 Å². The third kappa shape index (κ3) is 2.28. The molecule has 2 atom stereocenters. The molecule has 1 aliphatic carbocycles. The largest absolute Gasteiger partial charge is 0.480 e. The van der Waals surface area contributed by atoms with E-state index in [9.17, 15) is 9.59 Å². The van der Waals surface area contributed by atoms with Gasteiger partial charge in [0.05, 0.1) is 0 Å². The van der Waals surface area contributed by atoms with Crippen LogP contribution in [0.25, 0.3) is 0 Å². The molecule has 0 aromatic rings. The number of hydrogen-bond acceptors (Lipinski definition) is 2. The number of hydrogen-bond donors (Lipinski definition) is 2. The molecule has 16 heavy (non-hydrogen) atoms. The van der Waals surface area contributed by atoms with Crippen LogP contribution in [-0.2, 0) is 4.79 Å². The third-order valence-corrected chi connectivity index (χ3v) is 3.66. The van der Waals surface area contributed by atoms with E-state index in [2.05, 4.69) is 5.32 Å². The maximum atomic E-state index is 11.8. The van der Waals surface area contributed by atoms with Gasteiger partial charge in [0, 0.05) is 12.6 Å². The second-order valence-electron chi connectivity index (χ2n) is 4.65. The molecule has 2 unspecified atom stereocenters. The topological polar surface area (TPSA) is 69.6 Å². The van der Waals surface area contributed by atoms with E-state index in [4.69, 9.17) is 5.11 Å². The van der Waals surface area contributed by atoms with Gasteiger partial charge in [0.25, 0.3) is 0 Å². The molecule has 0 aromatic heterocycles. The van der Waals surface area contributed by atoms with Gasteiger partial charge in [0.15, 0.2) is 0 Å². The van der Waals surface area contributed by atoms with E-state index in [1.165, 1.54) is 19.3 Å². The van der Waals surface area contributed by atoms with E-state index in [1.807, 2.05) is 4.90 Å². The molecule has 0 bridgehead atoms. The highest BCUT2D eigenvalue weighted by atomic mass is 16.4. The third-order valence-electron chi connectivity index (χ3n) is 3.66. The number of carboxylic acid groups (broad SMARTS) is 1. The molecule has 90 valence electrons. The van der Waals surface area contributed by atoms with E-state index < -0.39 is 5.97 Å². The SMILES string of the molecule is O=C(O)CNC(=O)N1CCC2CCCCC21. The summed E-state index contributed by atoms with van der Waals surface area (Å²) in [5, 5.41) is 10.9. The number of likely N-dealkylation sites (tertiary alicyclic amines) is 1. The van der Waals surface area contributed by atoms with Gasteiger partial charge in [-0.05, 0) is 25.2 Å². The first-order valence-corrected chi connectivity index (χ1v) is 5.95. The van der Waals surface area contributed by atoms with E-state index in [0.29, 0.717) is 12.0 Å². The first-order valence-electron chi connectivity index (χ1n) is 5.95. The van der Waals surface area contributed by atoms with Crippen LogP contribution in [0.2, 0.25) is 0 Å². The van der Waals surface area contributed by atoms with Gasteiger partial charge in [-0.2, -0.15) is 0 Å². The quantitative estimate of drug-likeness (QED) is 0.739. The minimum atomic E-state index is -0.993. The lowest BCUT2D eigenvalue weighted by atomic mass is 9.85. The zero-order valence-electron chi connectivity index (χ0n) is 9.32. The highest BCUT2D eigenvalue weighted by Gasteiger charge is 2.38. The number of nitrogens with zero attached hydrogens (tertiary/aromatic N) is 1. The fourth-order valence-corrected chi connectivity index (χ4v) is 2.91. The number of fused-ring (bicyclic) bond motifs is 1. The molecule has 2 fully saturated rings. The molecule has 0 radical (unpaired) electrons. The Morgan fingerprint density at radius 1 is 1.25 bits per heavy atom. The second-order valence-corrected chi connectivity index (χ2v) is 4.65. The van der Waals surface area contributed by atoms with Crippen LogP contribution in [0.4, 0.5) is 4.79 Å². The Kier molecular flexibility index (Phi) is 3.31. The van der Waals surface area contributed by atoms with Crippen molar-refractivity contribution in [3.8, 4) is 0 Å². The molecule has 1 saturated heterocycles. The summed E-state index contributed by atoms with van der Waals surface area (Å²) in [7, 11) is 0. The summed E-state index contributed by atoms with van der Waals surface area (Å²) in [5.74, 6) is -0.350. The van der Waals surface area contributed by atoms with Crippen LogP contribution < -0.4 is 5.32 Å². The fourth-order valence-electron chi connectivity index (χ4n) is 2.91. The highest BCUT2D eigenvalue weighted by Crippen LogP contribution is 2.35. The number of amides is 2. The van der Waals surface area contributed by atoms with Gasteiger partial charge in [-0.3, -0.25) is 4.79 Å². The number of aliphatic carboxylic acids is 1. The molecule has 1 saturated carbocycles. The van der Waals surface area contributed by atoms with Crippen LogP contribution in [-0.4, -0.2) is 41.1 Å². The smallest absolute Gasteiger partial charge is 0.323 e. The van der Waals surface area contributed by atoms with Crippen molar-refractivity contribution in [3.63, 3.8) is 0 Å². The van der Waals surface area contributed by atoms with Gasteiger partial charge >= 0.3 is 12.0 Å². The number of carboxylic acids is 1. The lowest BCUT2D eigenvalue weighted by Crippen LogP contribution is -2.46. The Labute approximate surface area is 94.8 Å². The predicted octanol–water partition coefficient (Wildman–Crippen LogP) is 1.05. The lowest BCUT2D eigenvalue weighted by molar-refractivity contribution is -0.135. The van der Waals surface area contributed by atoms with Crippen LogP contribution in [0.3, 0.4) is 0 Å². The number of nitrogens with one attached hydrogen (secondary N) is 1. The van der Waals surface area contributed by atoms with E-state index in [-0.39, 0.29) is 12.6 Å². The van der Waals surface area contributed by atoms with Crippen LogP contribution >= 0.6 is 0 Å². The Balaban J connectivity index is 1.89. The minimum absolute atomic E-state index is 0.211. The van der Waals surface area contributed by atoms with Crippen molar-refractivity contribution in [2.75, 3.05) is 13.1 Å². The summed E-state index contributed by atoms with van der Waals surface area (Å²) < 4.78 is 0. The molecule has 0 aromatic carbocycles. The van der Waals surface area contributed by atoms with Crippen molar-refractivity contribution in [3.05, 3.63) is 0 Å². The van der Waals surface area contributed by atoms with E-state index in [0.717, 1.165) is 19.4 Å². The zero-order valence-corrected chi connectivity index (χ0v) is 9.32. The zero-order chi connectivity index (χ0) is 11.5. The highest BCUT2D eigenvalue weighted by molar-refractivity contribution is 5.80. The fraction of sp³-hybridized carbons (Fsp3) is 0.818. The molecule has 5 nitrogen and oxygen atoms in total. The molecule has 5 heteroatoms. The molecule has 2 amide bonds. The summed E-state index contributed by atoms with van der Waals surface area (Å²) in [4.78, 5) is 24.0. The van der Waals surface area contributed by atoms with Crippen molar-refractivity contribution in [2.45, 2.75) is 38.1 Å². The average Bonchev–Trinajstić information content (AvgIpc) is 2.69. The molecule has 2 rings (SSSR count). The van der Waals surface area contributed by atoms with Crippen LogP contribution in [0.15, 0.2) is 0 Å². The predicted molar refractivity (Wildman–Crippen MR) is 58.1 cm³/mol. The maximum Gasteiger partial charge on any atom is 0.323 e. The minimum Gasteiger partial charge on any atom is -0.480 e. The standard InChI is InChI=1S/C11H18N2O3/c14-10(15)7-12-11(16)13-6-5-8-3-1-2-4-9(8)13/h8-9H,1-7H2,(H,12,16)(H,14,15). The first-order chi connectivity index (χ1) is 7.68. The monoisotopic (exact) mass is 226 g/mol. The second kappa shape index (κ2) is 4.72. The summed E-state index contributed by atoms with van der Waals surface area (Å²) in [6, 6.07) is 0.138. The van der Waals surface area contributed by atoms with Gasteiger partial charge in [0.2, 0.25) is 0 Å². The van der Waals surface area contributed by atoms with Crippen molar-refractivity contribution in [1.29, 1.82) is 0 Å². The van der Waals surface area contributed by atoms with Crippen molar-refractivity contribution < 1.29 is 14.7 Å². The number of carbonyl (C=O) groups is 2. The number of rotatable bonds is 2. The van der Waals surface area contributed by atoms with Crippen LogP contribution in [0.1, 0.15) is 32.1 Å². The Morgan fingerprint density at radius 2 is 2.00 bits per heavy atom. The first kappa shape index (κ1) is 11.2. The van der Waals surface area contributed by atoms with Crippen molar-refractivity contribution in [2.24, 2.45) is 5.92 Å². The summed E-state index contributed by atoms with van der Waals surface area (Å²) in [6.45, 7) is 0.494. The van der Waals surface area contributed by atoms with Crippen molar-refractivity contribution in [1.82, 2.24) is 10.2 Å². The molecule has 1 heterocycles.